The van der Waals surface area contributed by atoms with Crippen molar-refractivity contribution in [3.8, 4) is 5.75 Å². The maximum absolute atomic E-state index is 13.4. The molecule has 1 aliphatic heterocycles. The van der Waals surface area contributed by atoms with Crippen molar-refractivity contribution < 1.29 is 9.13 Å². The Hall–Kier alpha value is -2.72. The fraction of sp³-hybridized carbons (Fsp3) is 0.130. The largest absolute Gasteiger partial charge is 0.494 e. The van der Waals surface area contributed by atoms with Crippen LogP contribution >= 0.6 is 11.8 Å². The van der Waals surface area contributed by atoms with Gasteiger partial charge in [-0.1, -0.05) is 42.5 Å². The molecule has 1 aliphatic rings. The van der Waals surface area contributed by atoms with Gasteiger partial charge in [0, 0.05) is 10.6 Å². The molecule has 27 heavy (non-hydrogen) atoms. The van der Waals surface area contributed by atoms with Crippen LogP contribution in [-0.4, -0.2) is 6.61 Å². The third kappa shape index (κ3) is 4.01. The summed E-state index contributed by atoms with van der Waals surface area (Å²) in [5.41, 5.74) is 4.27. The van der Waals surface area contributed by atoms with E-state index in [2.05, 4.69) is 35.7 Å². The molecule has 1 unspecified atom stereocenters. The molecule has 0 spiro atoms. The second kappa shape index (κ2) is 7.89. The third-order valence-electron chi connectivity index (χ3n) is 4.39. The van der Waals surface area contributed by atoms with Crippen molar-refractivity contribution in [2.24, 2.45) is 0 Å². The summed E-state index contributed by atoms with van der Waals surface area (Å²) in [6, 6.07) is 23.1. The predicted octanol–water partition coefficient (Wildman–Crippen LogP) is 6.52. The van der Waals surface area contributed by atoms with Crippen molar-refractivity contribution in [1.82, 2.24) is 0 Å². The molecule has 136 valence electrons. The molecule has 3 aromatic rings. The van der Waals surface area contributed by atoms with Gasteiger partial charge >= 0.3 is 0 Å². The number of fused-ring (bicyclic) bond motifs is 1. The van der Waals surface area contributed by atoms with Gasteiger partial charge < -0.3 is 10.1 Å². The molecule has 0 aromatic heterocycles. The lowest BCUT2D eigenvalue weighted by Gasteiger charge is -2.14. The minimum Gasteiger partial charge on any atom is -0.494 e. The quantitative estimate of drug-likeness (QED) is 0.559. The molecule has 3 aromatic carbocycles. The number of rotatable bonds is 4. The van der Waals surface area contributed by atoms with Gasteiger partial charge in [0.1, 0.15) is 11.6 Å². The smallest absolute Gasteiger partial charge is 0.123 e. The summed E-state index contributed by atoms with van der Waals surface area (Å²) in [4.78, 5) is 1.11. The van der Waals surface area contributed by atoms with Gasteiger partial charge in [0.2, 0.25) is 0 Å². The SMILES string of the molecule is CCOc1ccc2c(c1)SC(c1ccc(F)cc1)C=C(c1ccccc1)N2. The number of thioether (sulfide) groups is 1. The molecule has 0 aliphatic carbocycles. The highest BCUT2D eigenvalue weighted by molar-refractivity contribution is 7.99. The van der Waals surface area contributed by atoms with Crippen molar-refractivity contribution >= 4 is 23.1 Å². The van der Waals surface area contributed by atoms with E-state index in [-0.39, 0.29) is 11.1 Å². The minimum absolute atomic E-state index is 0.0615. The van der Waals surface area contributed by atoms with E-state index in [0.29, 0.717) is 6.61 Å². The number of nitrogens with one attached hydrogen (secondary N) is 1. The van der Waals surface area contributed by atoms with Gasteiger partial charge in [-0.05, 0) is 54.5 Å². The lowest BCUT2D eigenvalue weighted by Crippen LogP contribution is -1.99. The Labute approximate surface area is 163 Å². The average molecular weight is 377 g/mol. The van der Waals surface area contributed by atoms with Gasteiger partial charge in [-0.15, -0.1) is 11.8 Å². The molecule has 0 radical (unpaired) electrons. The average Bonchev–Trinajstić information content (AvgIpc) is 2.89. The topological polar surface area (TPSA) is 21.3 Å². The molecule has 1 N–H and O–H groups in total. The van der Waals surface area contributed by atoms with E-state index in [0.717, 1.165) is 33.2 Å². The number of hydrogen-bond acceptors (Lipinski definition) is 3. The van der Waals surface area contributed by atoms with E-state index >= 15 is 0 Å². The summed E-state index contributed by atoms with van der Waals surface area (Å²) in [7, 11) is 0. The first kappa shape index (κ1) is 17.7. The number of ether oxygens (including phenoxy) is 1. The summed E-state index contributed by atoms with van der Waals surface area (Å²) < 4.78 is 19.1. The Balaban J connectivity index is 1.78. The van der Waals surface area contributed by atoms with Crippen LogP contribution in [0.1, 0.15) is 23.3 Å². The Morgan fingerprint density at radius 2 is 1.78 bits per heavy atom. The summed E-state index contributed by atoms with van der Waals surface area (Å²) in [6.45, 7) is 2.61. The molecule has 0 saturated carbocycles. The maximum atomic E-state index is 13.4. The molecule has 1 atom stereocenters. The summed E-state index contributed by atoms with van der Waals surface area (Å²) in [6.07, 6.45) is 2.20. The van der Waals surface area contributed by atoms with Gasteiger partial charge in [-0.2, -0.15) is 0 Å². The highest BCUT2D eigenvalue weighted by Crippen LogP contribution is 2.45. The van der Waals surface area contributed by atoms with E-state index in [1.54, 1.807) is 11.8 Å². The number of hydrogen-bond donors (Lipinski definition) is 1. The summed E-state index contributed by atoms with van der Waals surface area (Å²) in [5.74, 6) is 0.633. The zero-order valence-corrected chi connectivity index (χ0v) is 15.8. The first-order chi connectivity index (χ1) is 13.2. The maximum Gasteiger partial charge on any atom is 0.123 e. The minimum atomic E-state index is -0.221. The van der Waals surface area contributed by atoms with Crippen LogP contribution in [0.25, 0.3) is 5.70 Å². The van der Waals surface area contributed by atoms with Crippen molar-refractivity contribution in [2.45, 2.75) is 17.1 Å². The molecular weight excluding hydrogens is 357 g/mol. The molecule has 0 saturated heterocycles. The molecule has 2 nitrogen and oxygen atoms in total. The van der Waals surface area contributed by atoms with Gasteiger partial charge in [0.05, 0.1) is 17.5 Å². The second-order valence-electron chi connectivity index (χ2n) is 6.25. The third-order valence-corrected chi connectivity index (χ3v) is 5.64. The van der Waals surface area contributed by atoms with Gasteiger partial charge in [-0.3, -0.25) is 0 Å². The fourth-order valence-corrected chi connectivity index (χ4v) is 4.27. The first-order valence-corrected chi connectivity index (χ1v) is 9.84. The van der Waals surface area contributed by atoms with Crippen LogP contribution < -0.4 is 10.1 Å². The van der Waals surface area contributed by atoms with Gasteiger partial charge in [-0.25, -0.2) is 4.39 Å². The van der Waals surface area contributed by atoms with E-state index < -0.39 is 0 Å². The van der Waals surface area contributed by atoms with Crippen LogP contribution in [0.4, 0.5) is 10.1 Å². The Morgan fingerprint density at radius 1 is 1.00 bits per heavy atom. The number of anilines is 1. The van der Waals surface area contributed by atoms with Crippen molar-refractivity contribution in [1.29, 1.82) is 0 Å². The molecule has 0 fully saturated rings. The van der Waals surface area contributed by atoms with Crippen LogP contribution in [0.5, 0.6) is 5.75 Å². The van der Waals surface area contributed by atoms with Crippen molar-refractivity contribution in [3.05, 3.63) is 95.8 Å². The molecule has 4 heteroatoms. The zero-order chi connectivity index (χ0) is 18.6. The normalized spacial score (nSPS) is 15.9. The summed E-state index contributed by atoms with van der Waals surface area (Å²) >= 11 is 1.73. The highest BCUT2D eigenvalue weighted by atomic mass is 32.2. The van der Waals surface area contributed by atoms with E-state index in [9.17, 15) is 4.39 Å². The van der Waals surface area contributed by atoms with Crippen molar-refractivity contribution in [3.63, 3.8) is 0 Å². The second-order valence-corrected chi connectivity index (χ2v) is 7.44. The fourth-order valence-electron chi connectivity index (χ4n) is 3.07. The lowest BCUT2D eigenvalue weighted by molar-refractivity contribution is 0.339. The lowest BCUT2D eigenvalue weighted by atomic mass is 10.1. The zero-order valence-electron chi connectivity index (χ0n) is 15.0. The van der Waals surface area contributed by atoms with E-state index in [4.69, 9.17) is 4.74 Å². The molecule has 0 amide bonds. The van der Waals surface area contributed by atoms with Crippen LogP contribution in [0, 0.1) is 5.82 Å². The standard InChI is InChI=1S/C23H20FNOS/c1-2-26-19-12-13-20-23(14-19)27-22(17-8-10-18(24)11-9-17)15-21(25-20)16-6-4-3-5-7-16/h3-15,22,25H,2H2,1H3. The van der Waals surface area contributed by atoms with E-state index in [1.807, 2.05) is 43.3 Å². The number of halogens is 1. The van der Waals surface area contributed by atoms with Crippen LogP contribution in [0.2, 0.25) is 0 Å². The predicted molar refractivity (Wildman–Crippen MR) is 111 cm³/mol. The monoisotopic (exact) mass is 377 g/mol. The van der Waals surface area contributed by atoms with Crippen LogP contribution in [-0.2, 0) is 0 Å². The molecule has 4 rings (SSSR count). The Morgan fingerprint density at radius 3 is 2.52 bits per heavy atom. The Bertz CT molecular complexity index is 954. The van der Waals surface area contributed by atoms with Crippen LogP contribution in [0.15, 0.2) is 83.8 Å². The first-order valence-electron chi connectivity index (χ1n) is 8.96. The molecule has 1 heterocycles. The highest BCUT2D eigenvalue weighted by Gasteiger charge is 2.20. The molecular formula is C23H20FNOS. The summed E-state index contributed by atoms with van der Waals surface area (Å²) in [5, 5.41) is 3.63. The molecule has 0 bridgehead atoms. The van der Waals surface area contributed by atoms with Crippen LogP contribution in [0.3, 0.4) is 0 Å². The van der Waals surface area contributed by atoms with E-state index in [1.165, 1.54) is 12.1 Å². The van der Waals surface area contributed by atoms with Gasteiger partial charge in [0.25, 0.3) is 0 Å². The van der Waals surface area contributed by atoms with Gasteiger partial charge in [0.15, 0.2) is 0 Å². The van der Waals surface area contributed by atoms with Crippen molar-refractivity contribution in [2.75, 3.05) is 11.9 Å². The number of benzene rings is 3. The Kier molecular flexibility index (Phi) is 5.16.